The van der Waals surface area contributed by atoms with Crippen molar-refractivity contribution in [2.75, 3.05) is 17.2 Å². The zero-order valence-electron chi connectivity index (χ0n) is 11.6. The monoisotopic (exact) mass is 290 g/mol. The zero-order chi connectivity index (χ0) is 15.2. The first kappa shape index (κ1) is 15.0. The van der Waals surface area contributed by atoms with Crippen molar-refractivity contribution >= 4 is 17.3 Å². The maximum absolute atomic E-state index is 13.0. The summed E-state index contributed by atoms with van der Waals surface area (Å²) in [6.07, 6.45) is 0.805. The molecule has 2 aromatic rings. The fourth-order valence-electron chi connectivity index (χ4n) is 1.98. The summed E-state index contributed by atoms with van der Waals surface area (Å²) >= 11 is 0. The fourth-order valence-corrected chi connectivity index (χ4v) is 1.98. The Kier molecular flexibility index (Phi) is 4.87. The van der Waals surface area contributed by atoms with Crippen LogP contribution in [-0.2, 0) is 11.2 Å². The van der Waals surface area contributed by atoms with Gasteiger partial charge in [-0.2, -0.15) is 0 Å². The lowest BCUT2D eigenvalue weighted by Gasteiger charge is -2.11. The minimum absolute atomic E-state index is 0.0685. The Labute approximate surface area is 122 Å². The summed E-state index contributed by atoms with van der Waals surface area (Å²) in [6, 6.07) is 10.5. The number of hydrogen-bond donors (Lipinski definition) is 2. The third-order valence-corrected chi connectivity index (χ3v) is 2.99. The van der Waals surface area contributed by atoms with E-state index in [0.717, 1.165) is 35.9 Å². The first-order valence-corrected chi connectivity index (χ1v) is 6.66. The third-order valence-electron chi connectivity index (χ3n) is 2.99. The van der Waals surface area contributed by atoms with E-state index in [9.17, 15) is 13.6 Å². The Morgan fingerprint density at radius 3 is 2.43 bits per heavy atom. The molecule has 110 valence electrons. The molecule has 21 heavy (non-hydrogen) atoms. The lowest BCUT2D eigenvalue weighted by molar-refractivity contribution is -0.114. The number of nitrogens with one attached hydrogen (secondary N) is 2. The van der Waals surface area contributed by atoms with Gasteiger partial charge in [0.05, 0.1) is 6.54 Å². The van der Waals surface area contributed by atoms with Gasteiger partial charge in [-0.15, -0.1) is 0 Å². The molecule has 0 bridgehead atoms. The molecule has 0 fully saturated rings. The summed E-state index contributed by atoms with van der Waals surface area (Å²) in [5, 5.41) is 5.46. The molecule has 1 amide bonds. The van der Waals surface area contributed by atoms with Crippen LogP contribution in [0.3, 0.4) is 0 Å². The van der Waals surface area contributed by atoms with Gasteiger partial charge in [0.2, 0.25) is 5.91 Å². The summed E-state index contributed by atoms with van der Waals surface area (Å²) in [6.45, 7) is 1.93. The standard InChI is InChI=1S/C16H16F2N2O/c1-2-11-5-3-4-6-15(11)20-16(21)10-19-14-8-12(17)7-13(18)9-14/h3-9,19H,2,10H2,1H3,(H,20,21). The molecular formula is C16H16F2N2O. The van der Waals surface area contributed by atoms with Crippen LogP contribution >= 0.6 is 0 Å². The molecular weight excluding hydrogens is 274 g/mol. The minimum Gasteiger partial charge on any atom is -0.376 e. The highest BCUT2D eigenvalue weighted by molar-refractivity contribution is 5.94. The Morgan fingerprint density at radius 1 is 1.10 bits per heavy atom. The molecule has 0 heterocycles. The Morgan fingerprint density at radius 2 is 1.76 bits per heavy atom. The van der Waals surface area contributed by atoms with E-state index >= 15 is 0 Å². The molecule has 0 saturated carbocycles. The van der Waals surface area contributed by atoms with Gasteiger partial charge < -0.3 is 10.6 Å². The highest BCUT2D eigenvalue weighted by atomic mass is 19.1. The van der Waals surface area contributed by atoms with Crippen LogP contribution in [0.5, 0.6) is 0 Å². The van der Waals surface area contributed by atoms with Gasteiger partial charge in [-0.3, -0.25) is 4.79 Å². The van der Waals surface area contributed by atoms with Crippen molar-refractivity contribution < 1.29 is 13.6 Å². The Balaban J connectivity index is 1.96. The van der Waals surface area contributed by atoms with Gasteiger partial charge in [-0.1, -0.05) is 25.1 Å². The lowest BCUT2D eigenvalue weighted by Crippen LogP contribution is -2.22. The number of carbonyl (C=O) groups excluding carboxylic acids is 1. The zero-order valence-corrected chi connectivity index (χ0v) is 11.6. The molecule has 2 N–H and O–H groups in total. The molecule has 0 aliphatic heterocycles. The summed E-state index contributed by atoms with van der Waals surface area (Å²) in [4.78, 5) is 11.9. The normalized spacial score (nSPS) is 10.2. The number of amides is 1. The average Bonchev–Trinajstić information content (AvgIpc) is 2.45. The highest BCUT2D eigenvalue weighted by Crippen LogP contribution is 2.16. The summed E-state index contributed by atoms with van der Waals surface area (Å²) in [5.41, 5.74) is 2.01. The maximum Gasteiger partial charge on any atom is 0.243 e. The minimum atomic E-state index is -0.686. The molecule has 0 aliphatic rings. The van der Waals surface area contributed by atoms with Crippen molar-refractivity contribution in [3.05, 3.63) is 59.7 Å². The van der Waals surface area contributed by atoms with Gasteiger partial charge in [0.15, 0.2) is 0 Å². The van der Waals surface area contributed by atoms with E-state index in [0.29, 0.717) is 0 Å². The van der Waals surface area contributed by atoms with Crippen LogP contribution in [0.15, 0.2) is 42.5 Å². The predicted octanol–water partition coefficient (Wildman–Crippen LogP) is 3.58. The number of hydrogen-bond acceptors (Lipinski definition) is 2. The quantitative estimate of drug-likeness (QED) is 0.883. The third kappa shape index (κ3) is 4.27. The second-order valence-electron chi connectivity index (χ2n) is 4.57. The van der Waals surface area contributed by atoms with E-state index in [-0.39, 0.29) is 18.1 Å². The van der Waals surface area contributed by atoms with Gasteiger partial charge in [-0.25, -0.2) is 8.78 Å². The summed E-state index contributed by atoms with van der Waals surface area (Å²) < 4.78 is 26.0. The molecule has 0 spiro atoms. The van der Waals surface area contributed by atoms with Crippen LogP contribution in [0.4, 0.5) is 20.2 Å². The number of benzene rings is 2. The first-order valence-electron chi connectivity index (χ1n) is 6.66. The van der Waals surface area contributed by atoms with Gasteiger partial charge in [0.25, 0.3) is 0 Å². The van der Waals surface area contributed by atoms with E-state index in [1.807, 2.05) is 31.2 Å². The molecule has 0 radical (unpaired) electrons. The van der Waals surface area contributed by atoms with Crippen molar-refractivity contribution in [3.8, 4) is 0 Å². The van der Waals surface area contributed by atoms with Gasteiger partial charge in [0, 0.05) is 17.4 Å². The van der Waals surface area contributed by atoms with E-state index in [1.165, 1.54) is 0 Å². The van der Waals surface area contributed by atoms with Crippen LogP contribution in [-0.4, -0.2) is 12.5 Å². The van der Waals surface area contributed by atoms with Crippen LogP contribution in [0.2, 0.25) is 0 Å². The average molecular weight is 290 g/mol. The van der Waals surface area contributed by atoms with Gasteiger partial charge >= 0.3 is 0 Å². The molecule has 3 nitrogen and oxygen atoms in total. The van der Waals surface area contributed by atoms with Crippen molar-refractivity contribution in [1.82, 2.24) is 0 Å². The van der Waals surface area contributed by atoms with Gasteiger partial charge in [0.1, 0.15) is 11.6 Å². The fraction of sp³-hybridized carbons (Fsp3) is 0.188. The van der Waals surface area contributed by atoms with Crippen molar-refractivity contribution in [1.29, 1.82) is 0 Å². The smallest absolute Gasteiger partial charge is 0.243 e. The second kappa shape index (κ2) is 6.83. The number of carbonyl (C=O) groups is 1. The summed E-state index contributed by atoms with van der Waals surface area (Å²) in [5.74, 6) is -1.65. The van der Waals surface area contributed by atoms with E-state index in [1.54, 1.807) is 0 Å². The molecule has 0 aliphatic carbocycles. The van der Waals surface area contributed by atoms with E-state index < -0.39 is 11.6 Å². The SMILES string of the molecule is CCc1ccccc1NC(=O)CNc1cc(F)cc(F)c1. The number of anilines is 2. The van der Waals surface area contributed by atoms with Gasteiger partial charge in [-0.05, 0) is 30.2 Å². The largest absolute Gasteiger partial charge is 0.376 e. The predicted molar refractivity (Wildman–Crippen MR) is 79.3 cm³/mol. The van der Waals surface area contributed by atoms with Crippen LogP contribution in [0, 0.1) is 11.6 Å². The number of halogens is 2. The molecule has 2 aromatic carbocycles. The topological polar surface area (TPSA) is 41.1 Å². The second-order valence-corrected chi connectivity index (χ2v) is 4.57. The van der Waals surface area contributed by atoms with E-state index in [4.69, 9.17) is 0 Å². The first-order chi connectivity index (χ1) is 10.1. The lowest BCUT2D eigenvalue weighted by atomic mass is 10.1. The molecule has 5 heteroatoms. The van der Waals surface area contributed by atoms with Crippen LogP contribution in [0.1, 0.15) is 12.5 Å². The highest BCUT2D eigenvalue weighted by Gasteiger charge is 2.06. The molecule has 2 rings (SSSR count). The van der Waals surface area contributed by atoms with Crippen LogP contribution < -0.4 is 10.6 Å². The number of aryl methyl sites for hydroxylation is 1. The number of para-hydroxylation sites is 1. The molecule has 0 saturated heterocycles. The van der Waals surface area contributed by atoms with Crippen molar-refractivity contribution in [3.63, 3.8) is 0 Å². The van der Waals surface area contributed by atoms with Crippen LogP contribution in [0.25, 0.3) is 0 Å². The maximum atomic E-state index is 13.0. The van der Waals surface area contributed by atoms with E-state index in [2.05, 4.69) is 10.6 Å². The Hall–Kier alpha value is -2.43. The number of rotatable bonds is 5. The summed E-state index contributed by atoms with van der Waals surface area (Å²) in [7, 11) is 0. The van der Waals surface area contributed by atoms with Crippen molar-refractivity contribution in [2.24, 2.45) is 0 Å². The Bertz CT molecular complexity index is 624. The molecule has 0 aromatic heterocycles. The molecule has 0 unspecified atom stereocenters. The van der Waals surface area contributed by atoms with Crippen molar-refractivity contribution in [2.45, 2.75) is 13.3 Å². The molecule has 0 atom stereocenters.